The van der Waals surface area contributed by atoms with Crippen molar-refractivity contribution in [3.8, 4) is 0 Å². The number of amides is 1. The highest BCUT2D eigenvalue weighted by Crippen LogP contribution is 2.34. The van der Waals surface area contributed by atoms with Gasteiger partial charge in [-0.3, -0.25) is 4.79 Å². The molecule has 0 bridgehead atoms. The highest BCUT2D eigenvalue weighted by atomic mass is 16.4. The fourth-order valence-electron chi connectivity index (χ4n) is 3.49. The molecule has 0 spiro atoms. The quantitative estimate of drug-likeness (QED) is 0.907. The van der Waals surface area contributed by atoms with Crippen LogP contribution in [0.3, 0.4) is 0 Å². The van der Waals surface area contributed by atoms with Crippen molar-refractivity contribution in [1.29, 1.82) is 0 Å². The van der Waals surface area contributed by atoms with E-state index in [4.69, 9.17) is 0 Å². The van der Waals surface area contributed by atoms with Crippen LogP contribution in [0.4, 0.5) is 0 Å². The third kappa shape index (κ3) is 3.87. The molecule has 0 saturated carbocycles. The van der Waals surface area contributed by atoms with E-state index in [9.17, 15) is 14.7 Å². The monoisotopic (exact) mass is 303 g/mol. The molecule has 0 aliphatic carbocycles. The highest BCUT2D eigenvalue weighted by Gasteiger charge is 2.32. The molecule has 1 unspecified atom stereocenters. The van der Waals surface area contributed by atoms with Gasteiger partial charge in [-0.1, -0.05) is 38.5 Å². The van der Waals surface area contributed by atoms with Crippen molar-refractivity contribution in [2.75, 3.05) is 13.1 Å². The van der Waals surface area contributed by atoms with Gasteiger partial charge in [0.25, 0.3) is 0 Å². The Labute approximate surface area is 132 Å². The Morgan fingerprint density at radius 3 is 2.73 bits per heavy atom. The van der Waals surface area contributed by atoms with Gasteiger partial charge < -0.3 is 10.0 Å². The minimum atomic E-state index is -0.974. The predicted octanol–water partition coefficient (Wildman–Crippen LogP) is 3.36. The molecule has 4 heteroatoms. The van der Waals surface area contributed by atoms with Crippen LogP contribution in [-0.4, -0.2) is 35.0 Å². The van der Waals surface area contributed by atoms with Crippen molar-refractivity contribution in [3.05, 3.63) is 35.4 Å². The van der Waals surface area contributed by atoms with Crippen molar-refractivity contribution in [2.24, 2.45) is 5.41 Å². The lowest BCUT2D eigenvalue weighted by Crippen LogP contribution is -2.45. The average molecular weight is 303 g/mol. The number of carbonyl (C=O) groups excluding carboxylic acids is 1. The van der Waals surface area contributed by atoms with Crippen LogP contribution >= 0.6 is 0 Å². The zero-order valence-corrected chi connectivity index (χ0v) is 13.5. The topological polar surface area (TPSA) is 57.6 Å². The van der Waals surface area contributed by atoms with Crippen LogP contribution in [0, 0.1) is 5.41 Å². The molecule has 1 aliphatic heterocycles. The van der Waals surface area contributed by atoms with E-state index in [0.717, 1.165) is 38.8 Å². The Morgan fingerprint density at radius 1 is 1.32 bits per heavy atom. The summed E-state index contributed by atoms with van der Waals surface area (Å²) < 4.78 is 0. The van der Waals surface area contributed by atoms with Crippen LogP contribution in [0.1, 0.15) is 55.5 Å². The second kappa shape index (κ2) is 6.95. The highest BCUT2D eigenvalue weighted by molar-refractivity contribution is 5.91. The molecule has 1 aliphatic rings. The first kappa shape index (κ1) is 16.5. The smallest absolute Gasteiger partial charge is 0.335 e. The maximum absolute atomic E-state index is 12.6. The van der Waals surface area contributed by atoms with Crippen LogP contribution in [0.2, 0.25) is 0 Å². The maximum atomic E-state index is 12.6. The Kier molecular flexibility index (Phi) is 5.22. The first-order valence-corrected chi connectivity index (χ1v) is 8.04. The number of piperidine rings is 1. The molecule has 1 aromatic carbocycles. The van der Waals surface area contributed by atoms with E-state index in [2.05, 4.69) is 13.8 Å². The molecule has 1 fully saturated rings. The van der Waals surface area contributed by atoms with Gasteiger partial charge in [0.2, 0.25) is 5.91 Å². The predicted molar refractivity (Wildman–Crippen MR) is 85.9 cm³/mol. The molecular weight excluding hydrogens is 278 g/mol. The second-order valence-corrected chi connectivity index (χ2v) is 6.62. The average Bonchev–Trinajstić information content (AvgIpc) is 2.47. The summed E-state index contributed by atoms with van der Waals surface area (Å²) in [6, 6.07) is 6.77. The van der Waals surface area contributed by atoms with Crippen molar-refractivity contribution in [2.45, 2.75) is 46.0 Å². The summed E-state index contributed by atoms with van der Waals surface area (Å²) in [5.74, 6) is -0.936. The minimum Gasteiger partial charge on any atom is -0.478 e. The lowest BCUT2D eigenvalue weighted by molar-refractivity contribution is -0.133. The Bertz CT molecular complexity index is 551. The summed E-state index contributed by atoms with van der Waals surface area (Å²) in [7, 11) is 0. The summed E-state index contributed by atoms with van der Waals surface area (Å²) in [6.07, 6.45) is 4.62. The van der Waals surface area contributed by atoms with Gasteiger partial charge in [0.15, 0.2) is 0 Å². The van der Waals surface area contributed by atoms with Crippen molar-refractivity contribution < 1.29 is 14.7 Å². The molecule has 2 rings (SSSR count). The molecule has 1 heterocycles. The molecule has 22 heavy (non-hydrogen) atoms. The van der Waals surface area contributed by atoms with E-state index < -0.39 is 5.97 Å². The number of nitrogens with zero attached hydrogens (tertiary/aromatic N) is 1. The van der Waals surface area contributed by atoms with E-state index in [0.29, 0.717) is 5.56 Å². The van der Waals surface area contributed by atoms with Crippen molar-refractivity contribution in [1.82, 2.24) is 4.90 Å². The number of carbonyl (C=O) groups is 2. The molecule has 0 aromatic heterocycles. The third-order valence-corrected chi connectivity index (χ3v) is 4.58. The van der Waals surface area contributed by atoms with Gasteiger partial charge in [0.1, 0.15) is 0 Å². The van der Waals surface area contributed by atoms with Crippen LogP contribution in [0.5, 0.6) is 0 Å². The molecular formula is C18H25NO3. The number of aromatic carboxylic acids is 1. The number of hydrogen-bond donors (Lipinski definition) is 1. The number of carboxylic acid groups (broad SMARTS) is 1. The zero-order valence-electron chi connectivity index (χ0n) is 13.5. The molecule has 1 N–H and O–H groups in total. The van der Waals surface area contributed by atoms with E-state index in [1.807, 2.05) is 4.90 Å². The lowest BCUT2D eigenvalue weighted by Gasteiger charge is -2.40. The second-order valence-electron chi connectivity index (χ2n) is 6.62. The van der Waals surface area contributed by atoms with Gasteiger partial charge in [0.05, 0.1) is 12.0 Å². The van der Waals surface area contributed by atoms with Gasteiger partial charge in [-0.2, -0.15) is 0 Å². The van der Waals surface area contributed by atoms with Gasteiger partial charge in [-0.15, -0.1) is 0 Å². The fourth-order valence-corrected chi connectivity index (χ4v) is 3.49. The van der Waals surface area contributed by atoms with Gasteiger partial charge in [0, 0.05) is 13.1 Å². The normalized spacial score (nSPS) is 21.6. The number of carboxylic acids is 1. The van der Waals surface area contributed by atoms with Crippen LogP contribution in [0.25, 0.3) is 0 Å². The first-order chi connectivity index (χ1) is 10.4. The lowest BCUT2D eigenvalue weighted by atomic mass is 9.78. The Hall–Kier alpha value is -1.84. The fraction of sp³-hybridized carbons (Fsp3) is 0.556. The zero-order chi connectivity index (χ0) is 16.2. The summed E-state index contributed by atoms with van der Waals surface area (Å²) in [4.78, 5) is 25.7. The summed E-state index contributed by atoms with van der Waals surface area (Å²) in [5.41, 5.74) is 1.03. The minimum absolute atomic E-state index is 0.0377. The largest absolute Gasteiger partial charge is 0.478 e. The van der Waals surface area contributed by atoms with E-state index in [1.54, 1.807) is 24.3 Å². The van der Waals surface area contributed by atoms with E-state index >= 15 is 0 Å². The number of likely N-dealkylation sites (tertiary alicyclic amines) is 1. The summed E-state index contributed by atoms with van der Waals surface area (Å²) in [5, 5.41) is 9.22. The van der Waals surface area contributed by atoms with Gasteiger partial charge in [-0.25, -0.2) is 4.79 Å². The molecule has 1 atom stereocenters. The van der Waals surface area contributed by atoms with Crippen molar-refractivity contribution in [3.63, 3.8) is 0 Å². The number of hydrogen-bond acceptors (Lipinski definition) is 2. The molecule has 1 amide bonds. The molecule has 120 valence electrons. The van der Waals surface area contributed by atoms with E-state index in [1.165, 1.54) is 0 Å². The summed E-state index contributed by atoms with van der Waals surface area (Å²) >= 11 is 0. The van der Waals surface area contributed by atoms with Crippen LogP contribution < -0.4 is 0 Å². The molecule has 0 radical (unpaired) electrons. The van der Waals surface area contributed by atoms with E-state index in [-0.39, 0.29) is 23.3 Å². The Balaban J connectivity index is 2.08. The Morgan fingerprint density at radius 2 is 2.05 bits per heavy atom. The summed E-state index contributed by atoms with van der Waals surface area (Å²) in [6.45, 7) is 6.00. The maximum Gasteiger partial charge on any atom is 0.335 e. The molecule has 4 nitrogen and oxygen atoms in total. The van der Waals surface area contributed by atoms with Crippen LogP contribution in [0.15, 0.2) is 24.3 Å². The third-order valence-electron chi connectivity index (χ3n) is 4.58. The number of rotatable bonds is 5. The standard InChI is InChI=1S/C18H25NO3/c1-3-9-18(2)10-6-11-19(13-18)16(20)12-14-7-4-5-8-15(14)17(21)22/h4-5,7-8H,3,6,9-13H2,1-2H3,(H,21,22). The van der Waals surface area contributed by atoms with Crippen LogP contribution in [-0.2, 0) is 11.2 Å². The van der Waals surface area contributed by atoms with Gasteiger partial charge in [-0.05, 0) is 36.3 Å². The molecule has 1 saturated heterocycles. The SMILES string of the molecule is CCCC1(C)CCCN(C(=O)Cc2ccccc2C(=O)O)C1. The van der Waals surface area contributed by atoms with Crippen molar-refractivity contribution >= 4 is 11.9 Å². The molecule has 1 aromatic rings. The number of benzene rings is 1. The first-order valence-electron chi connectivity index (χ1n) is 8.04. The van der Waals surface area contributed by atoms with Gasteiger partial charge >= 0.3 is 5.97 Å².